The predicted molar refractivity (Wildman–Crippen MR) is 115 cm³/mol. The summed E-state index contributed by atoms with van der Waals surface area (Å²) in [6.07, 6.45) is 0. The quantitative estimate of drug-likeness (QED) is 0.618. The highest BCUT2D eigenvalue weighted by atomic mass is 32.2. The van der Waals surface area contributed by atoms with Crippen molar-refractivity contribution in [2.24, 2.45) is 0 Å². The minimum absolute atomic E-state index is 0.00131. The number of amides is 2. The number of nitrogens with one attached hydrogen (secondary N) is 2. The third-order valence-electron chi connectivity index (χ3n) is 3.52. The van der Waals surface area contributed by atoms with Crippen LogP contribution in [-0.4, -0.2) is 37.1 Å². The van der Waals surface area contributed by atoms with Crippen molar-refractivity contribution in [3.63, 3.8) is 0 Å². The maximum Gasteiger partial charge on any atom is 0.258 e. The fourth-order valence-corrected chi connectivity index (χ4v) is 3.19. The van der Waals surface area contributed by atoms with E-state index in [1.807, 2.05) is 76.2 Å². The number of carbonyl (C=O) groups is 2. The zero-order valence-corrected chi connectivity index (χ0v) is 18.0. The van der Waals surface area contributed by atoms with Crippen LogP contribution < -0.4 is 20.1 Å². The summed E-state index contributed by atoms with van der Waals surface area (Å²) in [6, 6.07) is 15.3. The first-order chi connectivity index (χ1) is 13.8. The molecular formula is C22H28N2O4S. The molecule has 0 fully saturated rings. The van der Waals surface area contributed by atoms with Crippen molar-refractivity contribution in [1.82, 2.24) is 10.6 Å². The summed E-state index contributed by atoms with van der Waals surface area (Å²) in [4.78, 5) is 25.3. The molecule has 0 aliphatic rings. The minimum Gasteiger partial charge on any atom is -0.484 e. The van der Waals surface area contributed by atoms with Gasteiger partial charge in [-0.15, -0.1) is 0 Å². The number of rotatable bonds is 10. The van der Waals surface area contributed by atoms with Crippen molar-refractivity contribution in [1.29, 1.82) is 0 Å². The van der Waals surface area contributed by atoms with Crippen molar-refractivity contribution in [2.45, 2.75) is 49.6 Å². The largest absolute Gasteiger partial charge is 0.484 e. The van der Waals surface area contributed by atoms with Gasteiger partial charge in [-0.05, 0) is 76.2 Å². The van der Waals surface area contributed by atoms with Crippen LogP contribution in [0.2, 0.25) is 0 Å². The monoisotopic (exact) mass is 416 g/mol. The van der Waals surface area contributed by atoms with Gasteiger partial charge in [0.2, 0.25) is 0 Å². The fourth-order valence-electron chi connectivity index (χ4n) is 2.37. The second-order valence-corrected chi connectivity index (χ2v) is 8.21. The second-order valence-electron chi connectivity index (χ2n) is 7.07. The Hall–Kier alpha value is -2.67. The normalized spacial score (nSPS) is 10.7. The molecule has 0 aromatic heterocycles. The molecule has 2 aromatic carbocycles. The molecule has 6 nitrogen and oxygen atoms in total. The number of hydrogen-bond donors (Lipinski definition) is 2. The molecular weight excluding hydrogens is 388 g/mol. The summed E-state index contributed by atoms with van der Waals surface area (Å²) < 4.78 is 11.0. The second kappa shape index (κ2) is 11.4. The fraction of sp³-hybridized carbons (Fsp3) is 0.364. The lowest BCUT2D eigenvalue weighted by atomic mass is 10.3. The van der Waals surface area contributed by atoms with E-state index in [1.165, 1.54) is 0 Å². The SMILES string of the molecule is CC(C)NC(=O)COc1ccc(Sc2ccc(OCC(=O)NC(C)C)cc2)cc1. The van der Waals surface area contributed by atoms with Gasteiger partial charge in [-0.2, -0.15) is 0 Å². The van der Waals surface area contributed by atoms with Gasteiger partial charge >= 0.3 is 0 Å². The van der Waals surface area contributed by atoms with Gasteiger partial charge in [0, 0.05) is 21.9 Å². The van der Waals surface area contributed by atoms with E-state index in [9.17, 15) is 9.59 Å². The van der Waals surface area contributed by atoms with Crippen LogP contribution in [0, 0.1) is 0 Å². The minimum atomic E-state index is -0.137. The van der Waals surface area contributed by atoms with E-state index in [-0.39, 0.29) is 37.1 Å². The number of benzene rings is 2. The van der Waals surface area contributed by atoms with Crippen molar-refractivity contribution >= 4 is 23.6 Å². The van der Waals surface area contributed by atoms with E-state index >= 15 is 0 Å². The molecule has 2 amide bonds. The molecule has 0 heterocycles. The maximum atomic E-state index is 11.6. The van der Waals surface area contributed by atoms with Gasteiger partial charge < -0.3 is 20.1 Å². The molecule has 0 saturated heterocycles. The molecule has 2 rings (SSSR count). The van der Waals surface area contributed by atoms with Crippen molar-refractivity contribution in [3.8, 4) is 11.5 Å². The summed E-state index contributed by atoms with van der Waals surface area (Å²) in [6.45, 7) is 7.64. The third-order valence-corrected chi connectivity index (χ3v) is 4.54. The van der Waals surface area contributed by atoms with Crippen LogP contribution in [0.5, 0.6) is 11.5 Å². The van der Waals surface area contributed by atoms with Crippen LogP contribution in [0.1, 0.15) is 27.7 Å². The molecule has 0 saturated carbocycles. The van der Waals surface area contributed by atoms with E-state index in [0.717, 1.165) is 9.79 Å². The van der Waals surface area contributed by atoms with Gasteiger partial charge in [0.25, 0.3) is 11.8 Å². The molecule has 0 atom stereocenters. The average molecular weight is 417 g/mol. The van der Waals surface area contributed by atoms with Crippen LogP contribution in [0.4, 0.5) is 0 Å². The van der Waals surface area contributed by atoms with Crippen molar-refractivity contribution < 1.29 is 19.1 Å². The van der Waals surface area contributed by atoms with Gasteiger partial charge in [0.15, 0.2) is 13.2 Å². The van der Waals surface area contributed by atoms with Gasteiger partial charge in [0.05, 0.1) is 0 Å². The molecule has 0 aliphatic carbocycles. The summed E-state index contributed by atoms with van der Waals surface area (Å²) in [7, 11) is 0. The molecule has 0 radical (unpaired) electrons. The standard InChI is InChI=1S/C22H28N2O4S/c1-15(2)23-21(25)13-27-17-5-9-19(10-6-17)29-20-11-7-18(8-12-20)28-14-22(26)24-16(3)4/h5-12,15-16H,13-14H2,1-4H3,(H,23,25)(H,24,26). The van der Waals surface area contributed by atoms with Crippen LogP contribution >= 0.6 is 11.8 Å². The van der Waals surface area contributed by atoms with Crippen LogP contribution in [0.3, 0.4) is 0 Å². The lowest BCUT2D eigenvalue weighted by Gasteiger charge is -2.11. The highest BCUT2D eigenvalue weighted by Gasteiger charge is 2.06. The van der Waals surface area contributed by atoms with E-state index in [2.05, 4.69) is 10.6 Å². The Bertz CT molecular complexity index is 722. The highest BCUT2D eigenvalue weighted by Crippen LogP contribution is 2.30. The number of ether oxygens (including phenoxy) is 2. The average Bonchev–Trinajstić information content (AvgIpc) is 2.66. The van der Waals surface area contributed by atoms with Crippen LogP contribution in [0.25, 0.3) is 0 Å². The summed E-state index contributed by atoms with van der Waals surface area (Å²) in [5, 5.41) is 5.57. The van der Waals surface area contributed by atoms with Gasteiger partial charge in [-0.1, -0.05) is 11.8 Å². The summed E-state index contributed by atoms with van der Waals surface area (Å²) in [5.74, 6) is 1.03. The maximum absolute atomic E-state index is 11.6. The van der Waals surface area contributed by atoms with Gasteiger partial charge in [-0.3, -0.25) is 9.59 Å². The first kappa shape index (κ1) is 22.6. The molecule has 0 aliphatic heterocycles. The molecule has 0 unspecified atom stereocenters. The Morgan fingerprint density at radius 3 is 1.38 bits per heavy atom. The zero-order chi connectivity index (χ0) is 21.2. The van der Waals surface area contributed by atoms with E-state index in [1.54, 1.807) is 11.8 Å². The number of carbonyl (C=O) groups excluding carboxylic acids is 2. The highest BCUT2D eigenvalue weighted by molar-refractivity contribution is 7.99. The smallest absolute Gasteiger partial charge is 0.258 e. The van der Waals surface area contributed by atoms with Crippen LogP contribution in [0.15, 0.2) is 58.3 Å². The van der Waals surface area contributed by atoms with Gasteiger partial charge in [0.1, 0.15) is 11.5 Å². The lowest BCUT2D eigenvalue weighted by molar-refractivity contribution is -0.124. The Labute approximate surface area is 176 Å². The molecule has 156 valence electrons. The third kappa shape index (κ3) is 8.91. The van der Waals surface area contributed by atoms with Gasteiger partial charge in [-0.25, -0.2) is 0 Å². The Morgan fingerprint density at radius 2 is 1.07 bits per heavy atom. The van der Waals surface area contributed by atoms with Crippen molar-refractivity contribution in [2.75, 3.05) is 13.2 Å². The molecule has 2 aromatic rings. The van der Waals surface area contributed by atoms with Crippen LogP contribution in [-0.2, 0) is 9.59 Å². The Morgan fingerprint density at radius 1 is 0.724 bits per heavy atom. The first-order valence-corrected chi connectivity index (χ1v) is 10.4. The molecule has 0 spiro atoms. The molecule has 7 heteroatoms. The number of hydrogen-bond acceptors (Lipinski definition) is 5. The Balaban J connectivity index is 1.81. The topological polar surface area (TPSA) is 76.7 Å². The molecule has 2 N–H and O–H groups in total. The molecule has 0 bridgehead atoms. The lowest BCUT2D eigenvalue weighted by Crippen LogP contribution is -2.34. The van der Waals surface area contributed by atoms with E-state index < -0.39 is 0 Å². The predicted octanol–water partition coefficient (Wildman–Crippen LogP) is 3.64. The molecule has 29 heavy (non-hydrogen) atoms. The first-order valence-electron chi connectivity index (χ1n) is 9.54. The van der Waals surface area contributed by atoms with E-state index in [4.69, 9.17) is 9.47 Å². The van der Waals surface area contributed by atoms with Crippen molar-refractivity contribution in [3.05, 3.63) is 48.5 Å². The summed E-state index contributed by atoms with van der Waals surface area (Å²) in [5.41, 5.74) is 0. The summed E-state index contributed by atoms with van der Waals surface area (Å²) >= 11 is 1.60. The van der Waals surface area contributed by atoms with E-state index in [0.29, 0.717) is 11.5 Å². The Kier molecular flexibility index (Phi) is 8.86. The zero-order valence-electron chi connectivity index (χ0n) is 17.2.